The van der Waals surface area contributed by atoms with E-state index < -0.39 is 11.2 Å². The van der Waals surface area contributed by atoms with Crippen LogP contribution in [0.4, 0.5) is 21.5 Å². The van der Waals surface area contributed by atoms with Gasteiger partial charge in [0, 0.05) is 73.8 Å². The van der Waals surface area contributed by atoms with Crippen LogP contribution >= 0.6 is 0 Å². The van der Waals surface area contributed by atoms with Gasteiger partial charge >= 0.3 is 12.2 Å². The lowest BCUT2D eigenvalue weighted by Crippen LogP contribution is -2.47. The number of aryl methyl sites for hydroxylation is 4. The number of likely N-dealkylation sites (tertiary alicyclic amines) is 2. The molecule has 12 rings (SSSR count). The zero-order valence-electron chi connectivity index (χ0n) is 53.2. The summed E-state index contributed by atoms with van der Waals surface area (Å²) >= 11 is 0. The molecule has 4 atom stereocenters. The van der Waals surface area contributed by atoms with Gasteiger partial charge in [0.25, 0.3) is 0 Å². The Morgan fingerprint density at radius 1 is 0.522 bits per heavy atom. The second-order valence-corrected chi connectivity index (χ2v) is 26.6. The summed E-state index contributed by atoms with van der Waals surface area (Å²) in [4.78, 5) is 56.7. The van der Waals surface area contributed by atoms with Gasteiger partial charge in [-0.25, -0.2) is 39.5 Å². The number of pyridine rings is 2. The highest BCUT2D eigenvalue weighted by Gasteiger charge is 2.33. The van der Waals surface area contributed by atoms with E-state index in [0.717, 1.165) is 132 Å². The first-order valence-electron chi connectivity index (χ1n) is 32.1. The fourth-order valence-electron chi connectivity index (χ4n) is 12.0. The summed E-state index contributed by atoms with van der Waals surface area (Å²) in [5.41, 5.74) is 6.22. The molecule has 0 bridgehead atoms. The van der Waals surface area contributed by atoms with Crippen molar-refractivity contribution in [1.29, 1.82) is 0 Å². The molecule has 4 fully saturated rings. The smallest absolute Gasteiger partial charge is 0.410 e. The number of carbonyl (C=O) groups excluding carboxylic acids is 2. The van der Waals surface area contributed by atoms with E-state index in [0.29, 0.717) is 73.1 Å². The molecule has 4 aromatic carbocycles. The van der Waals surface area contributed by atoms with Crippen molar-refractivity contribution in [2.45, 2.75) is 168 Å². The number of ether oxygens (including phenoxy) is 4. The molecule has 472 valence electrons. The molecule has 2 amide bonds. The number of amides is 2. The first-order valence-corrected chi connectivity index (χ1v) is 32.1. The van der Waals surface area contributed by atoms with Crippen LogP contribution in [0, 0.1) is 25.7 Å². The molecule has 6 heterocycles. The lowest BCUT2D eigenvalue weighted by atomic mass is 9.96. The maximum Gasteiger partial charge on any atom is 0.410 e. The molecule has 0 unspecified atom stereocenters. The lowest BCUT2D eigenvalue weighted by Gasteiger charge is -2.34. The molecule has 2 saturated heterocycles. The highest BCUT2D eigenvalue weighted by atomic mass is 16.6. The molecule has 2 aliphatic heterocycles. The van der Waals surface area contributed by atoms with Crippen LogP contribution < -0.4 is 20.1 Å². The van der Waals surface area contributed by atoms with Crippen molar-refractivity contribution in [3.63, 3.8) is 0 Å². The predicted octanol–water partition coefficient (Wildman–Crippen LogP) is 14.6. The van der Waals surface area contributed by atoms with Gasteiger partial charge in [-0.15, -0.1) is 0 Å². The van der Waals surface area contributed by atoms with Crippen molar-refractivity contribution in [2.24, 2.45) is 11.8 Å². The molecule has 0 radical (unpaired) electrons. The number of benzene rings is 4. The molecule has 8 aromatic rings. The minimum absolute atomic E-state index is 0.00375. The van der Waals surface area contributed by atoms with Gasteiger partial charge in [0.1, 0.15) is 22.7 Å². The number of nitrogens with one attached hydrogen (secondary N) is 2. The quantitative estimate of drug-likeness (QED) is 0.0628. The van der Waals surface area contributed by atoms with Crippen LogP contribution in [0.25, 0.3) is 44.1 Å². The van der Waals surface area contributed by atoms with Crippen LogP contribution in [-0.4, -0.2) is 124 Å². The van der Waals surface area contributed by atoms with Crippen molar-refractivity contribution >= 4 is 45.6 Å². The number of fused-ring (bicyclic) bond motifs is 2. The minimum Gasteiger partial charge on any atom is -0.444 e. The van der Waals surface area contributed by atoms with E-state index in [1.807, 2.05) is 91.8 Å². The third kappa shape index (κ3) is 16.3. The Hall–Kier alpha value is -8.48. The zero-order valence-corrected chi connectivity index (χ0v) is 53.2. The van der Waals surface area contributed by atoms with Gasteiger partial charge in [-0.1, -0.05) is 60.7 Å². The highest BCUT2D eigenvalue weighted by Crippen LogP contribution is 2.42. The van der Waals surface area contributed by atoms with Gasteiger partial charge in [0.05, 0.1) is 34.7 Å². The number of piperidine rings is 2. The van der Waals surface area contributed by atoms with E-state index in [1.165, 1.54) is 11.1 Å². The number of carbonyl (C=O) groups is 2. The van der Waals surface area contributed by atoms with Crippen LogP contribution in [0.2, 0.25) is 0 Å². The molecule has 4 N–H and O–H groups in total. The van der Waals surface area contributed by atoms with Crippen molar-refractivity contribution in [1.82, 2.24) is 39.7 Å². The van der Waals surface area contributed by atoms with Crippen molar-refractivity contribution in [3.8, 4) is 45.8 Å². The summed E-state index contributed by atoms with van der Waals surface area (Å²) in [7, 11) is 0. The standard InChI is InChI=1S/2C36H43N5O4/c2*1-23-12-16-27-24(15-17-31(42)25-13-14-25)8-5-10-28(27)32(23)44-33-29(11-6-19-37-33)30-18-20-38-34(40-30)39-26-9-7-21-41(22-26)35(43)45-36(2,3)4/h2*5-6,8,10-12,16,18-20,25-26,31,42H,7,9,13-15,17,21-22H2,1-4H3,(H,38,39,40)/t26-,31+;26-,31-/m00/s1. The number of hydrogen-bond acceptors (Lipinski definition) is 16. The number of aliphatic hydroxyl groups is 2. The molecule has 18 nitrogen and oxygen atoms in total. The van der Waals surface area contributed by atoms with Gasteiger partial charge in [0.15, 0.2) is 0 Å². The number of anilines is 2. The van der Waals surface area contributed by atoms with E-state index >= 15 is 0 Å². The molecular weight excluding hydrogens is 1130 g/mol. The number of hydrogen-bond donors (Lipinski definition) is 4. The van der Waals surface area contributed by atoms with E-state index in [2.05, 4.69) is 91.2 Å². The number of aliphatic hydroxyl groups excluding tert-OH is 2. The Balaban J connectivity index is 0.000000185. The summed E-state index contributed by atoms with van der Waals surface area (Å²) in [6, 6.07) is 32.4. The fraction of sp³-hybridized carbons (Fsp3) is 0.444. The predicted molar refractivity (Wildman–Crippen MR) is 351 cm³/mol. The maximum absolute atomic E-state index is 12.7. The van der Waals surface area contributed by atoms with E-state index in [4.69, 9.17) is 28.9 Å². The summed E-state index contributed by atoms with van der Waals surface area (Å²) in [6.07, 6.45) is 17.1. The molecule has 2 saturated carbocycles. The monoisotopic (exact) mass is 1220 g/mol. The van der Waals surface area contributed by atoms with E-state index in [1.54, 1.807) is 34.6 Å². The third-order valence-electron chi connectivity index (χ3n) is 17.0. The van der Waals surface area contributed by atoms with Crippen LogP contribution in [0.1, 0.15) is 128 Å². The van der Waals surface area contributed by atoms with Crippen LogP contribution in [-0.2, 0) is 22.3 Å². The summed E-state index contributed by atoms with van der Waals surface area (Å²) in [5, 5.41) is 32.1. The van der Waals surface area contributed by atoms with Crippen molar-refractivity contribution < 1.29 is 38.7 Å². The SMILES string of the molecule is Cc1ccc2c(CC[C@@H](O)C3CC3)cccc2c1Oc1ncccc1-c1ccnc(N[C@H]2CCCN(C(=O)OC(C)(C)C)C2)n1.Cc1ccc2c(CC[C@H](O)C3CC3)cccc2c1Oc1ncccc1-c1ccnc(N[C@H]2CCCN(C(=O)OC(C)(C)C)C2)n1. The van der Waals surface area contributed by atoms with Crippen LogP contribution in [0.3, 0.4) is 0 Å². The Kier molecular flexibility index (Phi) is 19.4. The summed E-state index contributed by atoms with van der Waals surface area (Å²) in [6.45, 7) is 17.7. The lowest BCUT2D eigenvalue weighted by molar-refractivity contribution is 0.0196. The van der Waals surface area contributed by atoms with Crippen molar-refractivity contribution in [3.05, 3.63) is 144 Å². The number of rotatable bonds is 18. The normalized spacial score (nSPS) is 17.6. The second-order valence-electron chi connectivity index (χ2n) is 26.6. The number of aromatic nitrogens is 6. The second kappa shape index (κ2) is 27.7. The Labute approximate surface area is 528 Å². The fourth-order valence-corrected chi connectivity index (χ4v) is 12.0. The Bertz CT molecular complexity index is 3580. The Morgan fingerprint density at radius 2 is 0.944 bits per heavy atom. The molecule has 90 heavy (non-hydrogen) atoms. The Morgan fingerprint density at radius 3 is 1.34 bits per heavy atom. The van der Waals surface area contributed by atoms with E-state index in [9.17, 15) is 19.8 Å². The summed E-state index contributed by atoms with van der Waals surface area (Å²) in [5.74, 6) is 4.34. The third-order valence-corrected chi connectivity index (χ3v) is 17.0. The largest absolute Gasteiger partial charge is 0.444 e. The molecule has 0 spiro atoms. The van der Waals surface area contributed by atoms with Crippen molar-refractivity contribution in [2.75, 3.05) is 36.8 Å². The average molecular weight is 1220 g/mol. The first-order chi connectivity index (χ1) is 43.3. The molecular formula is C72H86N10O8. The van der Waals surface area contributed by atoms with Gasteiger partial charge < -0.3 is 49.6 Å². The van der Waals surface area contributed by atoms with Crippen LogP contribution in [0.5, 0.6) is 23.3 Å². The van der Waals surface area contributed by atoms with Gasteiger partial charge in [0.2, 0.25) is 23.7 Å². The topological polar surface area (TPSA) is 219 Å². The van der Waals surface area contributed by atoms with Gasteiger partial charge in [-0.2, -0.15) is 0 Å². The average Bonchev–Trinajstić information content (AvgIpc) is 1.27. The first kappa shape index (κ1) is 63.1. The van der Waals surface area contributed by atoms with Gasteiger partial charge in [-0.3, -0.25) is 0 Å². The van der Waals surface area contributed by atoms with Gasteiger partial charge in [-0.05, 0) is 214 Å². The van der Waals surface area contributed by atoms with E-state index in [-0.39, 0.29) is 36.5 Å². The van der Waals surface area contributed by atoms with Crippen LogP contribution in [0.15, 0.2) is 122 Å². The maximum atomic E-state index is 12.7. The zero-order chi connectivity index (χ0) is 63.1. The molecule has 4 aliphatic rings. The molecule has 4 aromatic heterocycles. The number of nitrogens with zero attached hydrogens (tertiary/aromatic N) is 8. The summed E-state index contributed by atoms with van der Waals surface area (Å²) < 4.78 is 24.4. The minimum atomic E-state index is -0.537. The highest BCUT2D eigenvalue weighted by molar-refractivity contribution is 5.93. The molecule has 2 aliphatic carbocycles. The molecule has 18 heteroatoms.